The van der Waals surface area contributed by atoms with Gasteiger partial charge in [-0.15, -0.1) is 5.10 Å². The van der Waals surface area contributed by atoms with Gasteiger partial charge in [0.15, 0.2) is 11.5 Å². The predicted octanol–water partition coefficient (Wildman–Crippen LogP) is 5.64. The van der Waals surface area contributed by atoms with Gasteiger partial charge in [-0.2, -0.15) is 0 Å². The number of pyridine rings is 2. The molecule has 0 radical (unpaired) electrons. The third-order valence-corrected chi connectivity index (χ3v) is 7.13. The molecule has 0 amide bonds. The van der Waals surface area contributed by atoms with E-state index in [1.54, 1.807) is 6.07 Å². The van der Waals surface area contributed by atoms with Crippen molar-refractivity contribution in [3.8, 4) is 33.8 Å². The largest absolute Gasteiger partial charge is 0.322 e. The molecule has 200 valence electrons. The molecule has 40 heavy (non-hydrogen) atoms. The van der Waals surface area contributed by atoms with Crippen molar-refractivity contribution in [1.29, 1.82) is 0 Å². The maximum absolute atomic E-state index is 12.2. The van der Waals surface area contributed by atoms with Crippen molar-refractivity contribution in [2.75, 3.05) is 0 Å². The Bertz CT molecular complexity index is 1850. The van der Waals surface area contributed by atoms with Crippen molar-refractivity contribution in [2.45, 2.75) is 46.6 Å². The Morgan fingerprint density at radius 1 is 0.900 bits per heavy atom. The summed E-state index contributed by atoms with van der Waals surface area (Å²) in [6.45, 7) is 6.68. The van der Waals surface area contributed by atoms with E-state index >= 15 is 0 Å². The maximum atomic E-state index is 12.2. The summed E-state index contributed by atoms with van der Waals surface area (Å²) in [6.07, 6.45) is 2.95. The van der Waals surface area contributed by atoms with Crippen LogP contribution in [0.25, 0.3) is 44.9 Å². The van der Waals surface area contributed by atoms with Gasteiger partial charge in [0.25, 0.3) is 0 Å². The first kappa shape index (κ1) is 25.4. The van der Waals surface area contributed by atoms with E-state index in [-0.39, 0.29) is 5.56 Å². The Balaban J connectivity index is 1.46. The zero-order valence-corrected chi connectivity index (χ0v) is 22.8. The summed E-state index contributed by atoms with van der Waals surface area (Å²) >= 11 is 0. The number of hydrogen-bond donors (Lipinski definition) is 2. The number of nitrogens with zero attached hydrogens (tertiary/aromatic N) is 6. The summed E-state index contributed by atoms with van der Waals surface area (Å²) in [4.78, 5) is 25.1. The molecule has 0 atom stereocenters. The van der Waals surface area contributed by atoms with E-state index < -0.39 is 0 Å². The van der Waals surface area contributed by atoms with Gasteiger partial charge in [0.05, 0.1) is 12.2 Å². The van der Waals surface area contributed by atoms with E-state index in [0.29, 0.717) is 12.4 Å². The highest BCUT2D eigenvalue weighted by molar-refractivity contribution is 5.82. The first-order chi connectivity index (χ1) is 19.5. The van der Waals surface area contributed by atoms with Crippen LogP contribution in [0.15, 0.2) is 71.5 Å². The van der Waals surface area contributed by atoms with Gasteiger partial charge in [-0.25, -0.2) is 15.1 Å². The molecule has 6 aromatic rings. The number of nitrogens with one attached hydrogen (secondary N) is 2. The lowest BCUT2D eigenvalue weighted by atomic mass is 9.97. The Hall–Kier alpha value is -4.92. The maximum Gasteiger partial charge on any atom is 0.248 e. The van der Waals surface area contributed by atoms with Gasteiger partial charge in [-0.3, -0.25) is 4.79 Å². The normalized spacial score (nSPS) is 11.4. The average molecular weight is 531 g/mol. The molecule has 0 aliphatic carbocycles. The second-order valence-electron chi connectivity index (χ2n) is 10.1. The number of aromatic amines is 2. The number of hydrogen-bond acceptors (Lipinski definition) is 6. The number of benzene rings is 2. The minimum atomic E-state index is -0.125. The quantitative estimate of drug-likeness (QED) is 0.263. The summed E-state index contributed by atoms with van der Waals surface area (Å²) in [5, 5.41) is 14.8. The van der Waals surface area contributed by atoms with Crippen molar-refractivity contribution in [3.63, 3.8) is 0 Å². The summed E-state index contributed by atoms with van der Waals surface area (Å²) in [5.74, 6) is 1.61. The van der Waals surface area contributed by atoms with E-state index in [4.69, 9.17) is 9.97 Å². The van der Waals surface area contributed by atoms with Gasteiger partial charge in [-0.1, -0.05) is 55.8 Å². The van der Waals surface area contributed by atoms with Crippen molar-refractivity contribution >= 4 is 11.2 Å². The van der Waals surface area contributed by atoms with Crippen LogP contribution >= 0.6 is 0 Å². The SMILES string of the molecule is CCCCc1nc2cc(-c3cc(C)cc(=O)[nH]3)c(C)nc2n1Cc1ccc(-c2ccccc2)c(-c2nnn[nH]2)c1. The molecule has 4 heterocycles. The molecule has 4 aromatic heterocycles. The number of aromatic nitrogens is 8. The number of tetrazole rings is 1. The van der Waals surface area contributed by atoms with E-state index in [1.165, 1.54) is 0 Å². The molecule has 6 rings (SSSR count). The van der Waals surface area contributed by atoms with Gasteiger partial charge >= 0.3 is 0 Å². The van der Waals surface area contributed by atoms with Gasteiger partial charge in [0.2, 0.25) is 5.56 Å². The standard InChI is InChI=1S/C31H30N8O/c1-4-5-11-28-33-27-17-24(26-14-19(2)15-29(40)34-26)20(3)32-31(27)39(28)18-21-12-13-23(22-9-7-6-8-10-22)25(16-21)30-35-37-38-36-30/h6-10,12-17H,4-5,11,18H2,1-3H3,(H,34,40)(H,35,36,37,38). The third-order valence-electron chi connectivity index (χ3n) is 7.13. The highest BCUT2D eigenvalue weighted by atomic mass is 16.1. The fraction of sp³-hybridized carbons (Fsp3) is 0.226. The van der Waals surface area contributed by atoms with Crippen molar-refractivity contribution in [3.05, 3.63) is 99.7 Å². The van der Waals surface area contributed by atoms with Crippen LogP contribution in [0.1, 0.15) is 42.4 Å². The zero-order valence-electron chi connectivity index (χ0n) is 22.8. The zero-order chi connectivity index (χ0) is 27.6. The Kier molecular flexibility index (Phi) is 6.77. The Morgan fingerprint density at radius 3 is 2.50 bits per heavy atom. The predicted molar refractivity (Wildman–Crippen MR) is 156 cm³/mol. The molecule has 9 heteroatoms. The topological polar surface area (TPSA) is 118 Å². The molecule has 9 nitrogen and oxygen atoms in total. The van der Waals surface area contributed by atoms with Crippen LogP contribution in [0, 0.1) is 13.8 Å². The molecule has 0 saturated carbocycles. The number of imidazole rings is 1. The molecule has 2 N–H and O–H groups in total. The summed E-state index contributed by atoms with van der Waals surface area (Å²) in [6, 6.07) is 22.2. The van der Waals surface area contributed by atoms with Crippen LogP contribution < -0.4 is 5.56 Å². The second kappa shape index (κ2) is 10.7. The lowest BCUT2D eigenvalue weighted by Crippen LogP contribution is -2.08. The highest BCUT2D eigenvalue weighted by Crippen LogP contribution is 2.32. The number of H-pyrrole nitrogens is 2. The smallest absolute Gasteiger partial charge is 0.248 e. The molecule has 0 bridgehead atoms. The molecule has 2 aromatic carbocycles. The average Bonchev–Trinajstić information content (AvgIpc) is 3.60. The van der Waals surface area contributed by atoms with E-state index in [0.717, 1.165) is 81.0 Å². The lowest BCUT2D eigenvalue weighted by molar-refractivity contribution is 0.686. The van der Waals surface area contributed by atoms with Crippen LogP contribution in [-0.2, 0) is 13.0 Å². The Labute approximate surface area is 231 Å². The van der Waals surface area contributed by atoms with Gasteiger partial charge < -0.3 is 9.55 Å². The molecular weight excluding hydrogens is 500 g/mol. The summed E-state index contributed by atoms with van der Waals surface area (Å²) in [5.41, 5.74) is 9.07. The lowest BCUT2D eigenvalue weighted by Gasteiger charge is -2.13. The summed E-state index contributed by atoms with van der Waals surface area (Å²) < 4.78 is 2.21. The van der Waals surface area contributed by atoms with E-state index in [9.17, 15) is 4.79 Å². The van der Waals surface area contributed by atoms with Gasteiger partial charge in [0.1, 0.15) is 11.3 Å². The molecule has 0 spiro atoms. The first-order valence-electron chi connectivity index (χ1n) is 13.5. The third kappa shape index (κ3) is 4.93. The van der Waals surface area contributed by atoms with Crippen molar-refractivity contribution in [2.24, 2.45) is 0 Å². The van der Waals surface area contributed by atoms with Crippen LogP contribution in [-0.4, -0.2) is 40.1 Å². The monoisotopic (exact) mass is 530 g/mol. The van der Waals surface area contributed by atoms with Crippen LogP contribution in [0.4, 0.5) is 0 Å². The summed E-state index contributed by atoms with van der Waals surface area (Å²) in [7, 11) is 0. The fourth-order valence-corrected chi connectivity index (χ4v) is 5.19. The van der Waals surface area contributed by atoms with Crippen LogP contribution in [0.2, 0.25) is 0 Å². The van der Waals surface area contributed by atoms with Crippen molar-refractivity contribution in [1.82, 2.24) is 40.1 Å². The molecule has 0 saturated heterocycles. The molecular formula is C31H30N8O. The van der Waals surface area contributed by atoms with E-state index in [2.05, 4.69) is 67.4 Å². The van der Waals surface area contributed by atoms with Gasteiger partial charge in [0, 0.05) is 29.3 Å². The Morgan fingerprint density at radius 2 is 1.75 bits per heavy atom. The first-order valence-corrected chi connectivity index (χ1v) is 13.5. The minimum Gasteiger partial charge on any atom is -0.322 e. The molecule has 0 unspecified atom stereocenters. The van der Waals surface area contributed by atoms with Crippen LogP contribution in [0.3, 0.4) is 0 Å². The van der Waals surface area contributed by atoms with Crippen LogP contribution in [0.5, 0.6) is 0 Å². The molecule has 0 aliphatic heterocycles. The fourth-order valence-electron chi connectivity index (χ4n) is 5.19. The number of unbranched alkanes of at least 4 members (excludes halogenated alkanes) is 1. The highest BCUT2D eigenvalue weighted by Gasteiger charge is 2.18. The number of rotatable bonds is 8. The number of fused-ring (bicyclic) bond motifs is 1. The second-order valence-corrected chi connectivity index (χ2v) is 10.1. The van der Waals surface area contributed by atoms with E-state index in [1.807, 2.05) is 44.2 Å². The van der Waals surface area contributed by atoms with Crippen molar-refractivity contribution < 1.29 is 0 Å². The minimum absolute atomic E-state index is 0.125. The molecule has 0 aliphatic rings. The molecule has 0 fully saturated rings. The van der Waals surface area contributed by atoms with Gasteiger partial charge in [-0.05, 0) is 71.1 Å². The number of aryl methyl sites for hydroxylation is 3.